The van der Waals surface area contributed by atoms with E-state index in [1.165, 1.54) is 16.4 Å². The van der Waals surface area contributed by atoms with E-state index in [1.807, 2.05) is 4.90 Å². The third-order valence-corrected chi connectivity index (χ3v) is 6.68. The van der Waals surface area contributed by atoms with Crippen LogP contribution in [0.25, 0.3) is 0 Å². The van der Waals surface area contributed by atoms with E-state index in [0.717, 1.165) is 24.9 Å². The van der Waals surface area contributed by atoms with Crippen LogP contribution >= 0.6 is 0 Å². The lowest BCUT2D eigenvalue weighted by atomic mass is 10.2. The number of benzene rings is 1. The van der Waals surface area contributed by atoms with Crippen molar-refractivity contribution in [3.8, 4) is 11.8 Å². The minimum Gasteiger partial charge on any atom is -0.369 e. The molecule has 0 radical (unpaired) electrons. The Hall–Kier alpha value is -2.15. The summed E-state index contributed by atoms with van der Waals surface area (Å²) < 4.78 is 40.0. The Morgan fingerprint density at radius 1 is 1.21 bits per heavy atom. The van der Waals surface area contributed by atoms with E-state index < -0.39 is 21.8 Å². The predicted molar refractivity (Wildman–Crippen MR) is 109 cm³/mol. The number of anilines is 1. The predicted octanol–water partition coefficient (Wildman–Crippen LogP) is 2.08. The maximum absolute atomic E-state index is 13.1. The van der Waals surface area contributed by atoms with Gasteiger partial charge in [0.1, 0.15) is 11.9 Å². The number of amides is 1. The zero-order valence-corrected chi connectivity index (χ0v) is 17.4. The molecule has 1 fully saturated rings. The molecule has 1 atom stereocenters. The first-order valence-corrected chi connectivity index (χ1v) is 11.4. The second kappa shape index (κ2) is 11.1. The fraction of sp³-hybridized carbons (Fsp3) is 0.550. The minimum absolute atomic E-state index is 0.174. The van der Waals surface area contributed by atoms with Gasteiger partial charge in [-0.15, -0.1) is 5.92 Å². The first-order chi connectivity index (χ1) is 13.9. The summed E-state index contributed by atoms with van der Waals surface area (Å²) in [5.74, 6) is 4.79. The highest BCUT2D eigenvalue weighted by atomic mass is 32.2. The quantitative estimate of drug-likeness (QED) is 0.215. The number of hydrogen-bond acceptors (Lipinski definition) is 5. The molecule has 1 aliphatic heterocycles. The van der Waals surface area contributed by atoms with Crippen molar-refractivity contribution < 1.29 is 22.8 Å². The van der Waals surface area contributed by atoms with Gasteiger partial charge in [-0.1, -0.05) is 25.7 Å². The molecular weight excluding hydrogens is 397 g/mol. The molecule has 1 amide bonds. The normalized spacial score (nSPS) is 16.0. The molecule has 1 unspecified atom stereocenters. The van der Waals surface area contributed by atoms with E-state index in [4.69, 9.17) is 0 Å². The second-order valence-electron chi connectivity index (χ2n) is 6.92. The summed E-state index contributed by atoms with van der Waals surface area (Å²) in [6.45, 7) is 3.54. The molecule has 0 bridgehead atoms. The fourth-order valence-corrected chi connectivity index (χ4v) is 4.66. The average Bonchev–Trinajstić information content (AvgIpc) is 2.72. The third kappa shape index (κ3) is 6.99. The van der Waals surface area contributed by atoms with Gasteiger partial charge in [-0.05, 0) is 30.7 Å². The highest BCUT2D eigenvalue weighted by molar-refractivity contribution is 7.89. The van der Waals surface area contributed by atoms with Crippen LogP contribution < -0.4 is 4.90 Å². The van der Waals surface area contributed by atoms with Crippen LogP contribution in [0.2, 0.25) is 0 Å². The van der Waals surface area contributed by atoms with Crippen molar-refractivity contribution in [2.24, 2.45) is 0 Å². The molecule has 29 heavy (non-hydrogen) atoms. The number of hydroxylamine groups is 2. The van der Waals surface area contributed by atoms with Gasteiger partial charge in [0.2, 0.25) is 16.4 Å². The maximum atomic E-state index is 13.1. The van der Waals surface area contributed by atoms with Gasteiger partial charge in [0.15, 0.2) is 0 Å². The monoisotopic (exact) mass is 425 g/mol. The summed E-state index contributed by atoms with van der Waals surface area (Å²) in [7, 11) is -3.71. The van der Waals surface area contributed by atoms with Crippen LogP contribution in [0.1, 0.15) is 32.6 Å². The Balaban J connectivity index is 1.97. The molecule has 2 rings (SSSR count). The van der Waals surface area contributed by atoms with Crippen molar-refractivity contribution in [2.45, 2.75) is 38.6 Å². The van der Waals surface area contributed by atoms with Crippen LogP contribution in [0, 0.1) is 17.7 Å². The summed E-state index contributed by atoms with van der Waals surface area (Å²) in [4.78, 5) is 12.9. The van der Waals surface area contributed by atoms with E-state index in [-0.39, 0.29) is 25.3 Å². The number of hydrogen-bond donors (Lipinski definition) is 1. The van der Waals surface area contributed by atoms with Crippen LogP contribution in [0.15, 0.2) is 24.3 Å². The van der Waals surface area contributed by atoms with E-state index >= 15 is 0 Å². The molecule has 0 spiro atoms. The van der Waals surface area contributed by atoms with Gasteiger partial charge in [-0.25, -0.2) is 17.9 Å². The van der Waals surface area contributed by atoms with Crippen molar-refractivity contribution in [1.29, 1.82) is 0 Å². The molecule has 1 N–H and O–H groups in total. The number of nitrogens with zero attached hydrogens (tertiary/aromatic N) is 3. The van der Waals surface area contributed by atoms with Crippen molar-refractivity contribution in [3.63, 3.8) is 0 Å². The Bertz CT molecular complexity index is 812. The molecule has 160 valence electrons. The van der Waals surface area contributed by atoms with Crippen LogP contribution in [-0.4, -0.2) is 67.4 Å². The van der Waals surface area contributed by atoms with E-state index in [1.54, 1.807) is 12.1 Å². The molecule has 9 heteroatoms. The smallest absolute Gasteiger partial charge is 0.234 e. The Kier molecular flexibility index (Phi) is 8.89. The summed E-state index contributed by atoms with van der Waals surface area (Å²) >= 11 is 0. The second-order valence-corrected chi connectivity index (χ2v) is 8.93. The molecule has 1 aliphatic rings. The zero-order chi connectivity index (χ0) is 21.3. The first-order valence-electron chi connectivity index (χ1n) is 9.76. The highest BCUT2D eigenvalue weighted by Crippen LogP contribution is 2.18. The summed E-state index contributed by atoms with van der Waals surface area (Å²) in [6, 6.07) is 4.97. The number of unbranched alkanes of at least 4 members (excludes halogenated alkanes) is 3. The van der Waals surface area contributed by atoms with Gasteiger partial charge < -0.3 is 4.90 Å². The van der Waals surface area contributed by atoms with Gasteiger partial charge in [-0.3, -0.25) is 10.0 Å². The molecule has 0 aliphatic carbocycles. The van der Waals surface area contributed by atoms with Gasteiger partial charge in [0.25, 0.3) is 0 Å². The number of carbonyl (C=O) groups excluding carboxylic acids is 1. The Labute approximate surface area is 172 Å². The summed E-state index contributed by atoms with van der Waals surface area (Å²) in [5, 5.41) is 10.1. The lowest BCUT2D eigenvalue weighted by molar-refractivity contribution is -0.153. The largest absolute Gasteiger partial charge is 0.369 e. The lowest BCUT2D eigenvalue weighted by Gasteiger charge is -2.36. The SMILES string of the molecule is CCCCCC#CC(CS(=O)(=O)N1CCN(c2ccc(F)cc2)CC1)N(O)C=O. The van der Waals surface area contributed by atoms with Crippen LogP contribution in [0.3, 0.4) is 0 Å². The number of sulfonamides is 1. The average molecular weight is 426 g/mol. The summed E-state index contributed by atoms with van der Waals surface area (Å²) in [5.41, 5.74) is 0.835. The van der Waals surface area contributed by atoms with Crippen LogP contribution in [-0.2, 0) is 14.8 Å². The molecular formula is C20H28FN3O4S. The molecule has 7 nitrogen and oxygen atoms in total. The molecule has 1 saturated heterocycles. The van der Waals surface area contributed by atoms with Crippen molar-refractivity contribution in [3.05, 3.63) is 30.1 Å². The highest BCUT2D eigenvalue weighted by Gasteiger charge is 2.31. The van der Waals surface area contributed by atoms with Crippen molar-refractivity contribution in [2.75, 3.05) is 36.8 Å². The van der Waals surface area contributed by atoms with Crippen molar-refractivity contribution in [1.82, 2.24) is 9.37 Å². The molecule has 0 saturated carbocycles. The number of piperazine rings is 1. The van der Waals surface area contributed by atoms with Crippen molar-refractivity contribution >= 4 is 22.1 Å². The van der Waals surface area contributed by atoms with E-state index in [9.17, 15) is 22.8 Å². The number of rotatable bonds is 9. The molecule has 1 aromatic rings. The third-order valence-electron chi connectivity index (χ3n) is 4.79. The van der Waals surface area contributed by atoms with Crippen LogP contribution in [0.4, 0.5) is 10.1 Å². The Morgan fingerprint density at radius 2 is 1.86 bits per heavy atom. The van der Waals surface area contributed by atoms with E-state index in [0.29, 0.717) is 24.6 Å². The van der Waals surface area contributed by atoms with Gasteiger partial charge in [0, 0.05) is 38.3 Å². The maximum Gasteiger partial charge on any atom is 0.234 e. The molecule has 1 aromatic carbocycles. The zero-order valence-electron chi connectivity index (χ0n) is 16.6. The topological polar surface area (TPSA) is 81.2 Å². The minimum atomic E-state index is -3.71. The lowest BCUT2D eigenvalue weighted by Crippen LogP contribution is -2.51. The van der Waals surface area contributed by atoms with E-state index in [2.05, 4.69) is 18.8 Å². The first kappa shape index (κ1) is 23.1. The molecule has 1 heterocycles. The van der Waals surface area contributed by atoms with Gasteiger partial charge in [0.05, 0.1) is 5.75 Å². The fourth-order valence-electron chi connectivity index (χ4n) is 3.09. The van der Waals surface area contributed by atoms with Crippen LogP contribution in [0.5, 0.6) is 0 Å². The Morgan fingerprint density at radius 3 is 2.45 bits per heavy atom. The van der Waals surface area contributed by atoms with Gasteiger partial charge >= 0.3 is 0 Å². The van der Waals surface area contributed by atoms with Gasteiger partial charge in [-0.2, -0.15) is 4.31 Å². The number of halogens is 1. The number of carbonyl (C=O) groups is 1. The standard InChI is InChI=1S/C20H28FN3O4S/c1-2-3-4-5-6-7-20(24(26)17-25)16-29(27,28)23-14-12-22(13-15-23)19-10-8-18(21)9-11-19/h8-11,17,20,26H,2-5,12-16H2,1H3. The molecule has 0 aromatic heterocycles. The summed E-state index contributed by atoms with van der Waals surface area (Å²) in [6.07, 6.45) is 3.72.